The van der Waals surface area contributed by atoms with Crippen molar-refractivity contribution < 1.29 is 14.7 Å². The van der Waals surface area contributed by atoms with E-state index >= 15 is 0 Å². The lowest BCUT2D eigenvalue weighted by Crippen LogP contribution is -2.45. The van der Waals surface area contributed by atoms with Crippen molar-refractivity contribution in [3.05, 3.63) is 74.4 Å². The molecule has 32 heavy (non-hydrogen) atoms. The van der Waals surface area contributed by atoms with Crippen LogP contribution in [-0.2, 0) is 6.67 Å². The predicted octanol–water partition coefficient (Wildman–Crippen LogP) is 3.26. The summed E-state index contributed by atoms with van der Waals surface area (Å²) in [5, 5.41) is 10.1. The second kappa shape index (κ2) is 8.45. The molecule has 0 aliphatic carbocycles. The number of amides is 2. The van der Waals surface area contributed by atoms with Gasteiger partial charge in [-0.15, -0.1) is 0 Å². The maximum Gasteiger partial charge on any atom is 0.333 e. The molecule has 0 radical (unpaired) electrons. The molecule has 0 spiro atoms. The minimum atomic E-state index is -0.589. The van der Waals surface area contributed by atoms with E-state index in [1.165, 1.54) is 22.8 Å². The zero-order valence-electron chi connectivity index (χ0n) is 18.1. The molecule has 0 saturated heterocycles. The fraction of sp³-hybridized carbons (Fsp3) is 0.333. The lowest BCUT2D eigenvalue weighted by atomic mass is 10.1. The fourth-order valence-corrected chi connectivity index (χ4v) is 4.23. The quantitative estimate of drug-likeness (QED) is 0.453. The third-order valence-electron chi connectivity index (χ3n) is 5.98. The summed E-state index contributed by atoms with van der Waals surface area (Å²) in [5.74, 6) is -1.08. The number of benzene rings is 2. The number of carbonyl (C=O) groups excluding carboxylic acids is 2. The third kappa shape index (κ3) is 3.51. The van der Waals surface area contributed by atoms with Gasteiger partial charge < -0.3 is 5.11 Å². The summed E-state index contributed by atoms with van der Waals surface area (Å²) in [4.78, 5) is 53.3. The maximum absolute atomic E-state index is 13.5. The Morgan fingerprint density at radius 2 is 1.59 bits per heavy atom. The van der Waals surface area contributed by atoms with E-state index < -0.39 is 23.1 Å². The lowest BCUT2D eigenvalue weighted by Gasteiger charge is -2.21. The molecule has 1 N–H and O–H groups in total. The predicted molar refractivity (Wildman–Crippen MR) is 120 cm³/mol. The van der Waals surface area contributed by atoms with Crippen LogP contribution in [0.2, 0.25) is 0 Å². The fourth-order valence-electron chi connectivity index (χ4n) is 4.23. The van der Waals surface area contributed by atoms with Crippen molar-refractivity contribution in [1.82, 2.24) is 14.0 Å². The Bertz CT molecular complexity index is 1300. The van der Waals surface area contributed by atoms with Gasteiger partial charge >= 0.3 is 5.69 Å². The summed E-state index contributed by atoms with van der Waals surface area (Å²) in [6, 6.07) is 10.3. The highest BCUT2D eigenvalue weighted by molar-refractivity contribution is 6.21. The van der Waals surface area contributed by atoms with Crippen LogP contribution in [0.15, 0.2) is 52.1 Å². The average Bonchev–Trinajstić information content (AvgIpc) is 3.02. The average molecular weight is 435 g/mol. The van der Waals surface area contributed by atoms with E-state index in [0.717, 1.165) is 28.7 Å². The summed E-state index contributed by atoms with van der Waals surface area (Å²) in [5.41, 5.74) is -0.258. The Hall–Kier alpha value is -3.68. The van der Waals surface area contributed by atoms with E-state index in [2.05, 4.69) is 6.92 Å². The van der Waals surface area contributed by atoms with Crippen molar-refractivity contribution in [2.75, 3.05) is 0 Å². The Labute approximate surface area is 184 Å². The number of imide groups is 1. The first kappa shape index (κ1) is 21.5. The monoisotopic (exact) mass is 435 g/mol. The minimum absolute atomic E-state index is 0.106. The Morgan fingerprint density at radius 3 is 2.22 bits per heavy atom. The van der Waals surface area contributed by atoms with Gasteiger partial charge in [0.1, 0.15) is 12.4 Å². The molecule has 0 bridgehead atoms. The van der Waals surface area contributed by atoms with E-state index in [4.69, 9.17) is 0 Å². The molecule has 4 rings (SSSR count). The first-order valence-electron chi connectivity index (χ1n) is 10.8. The molecule has 3 aromatic rings. The van der Waals surface area contributed by atoms with Gasteiger partial charge in [0.05, 0.1) is 22.0 Å². The zero-order valence-corrected chi connectivity index (χ0v) is 18.1. The molecule has 2 amide bonds. The number of unbranched alkanes of at least 4 members (excludes halogenated alkanes) is 2. The van der Waals surface area contributed by atoms with Crippen molar-refractivity contribution >= 4 is 22.7 Å². The highest BCUT2D eigenvalue weighted by Gasteiger charge is 2.36. The summed E-state index contributed by atoms with van der Waals surface area (Å²) in [7, 11) is 0. The van der Waals surface area contributed by atoms with Crippen molar-refractivity contribution in [3.63, 3.8) is 0 Å². The van der Waals surface area contributed by atoms with Gasteiger partial charge in [0.15, 0.2) is 0 Å². The molecular weight excluding hydrogens is 410 g/mol. The molecule has 2 aromatic carbocycles. The van der Waals surface area contributed by atoms with Crippen LogP contribution in [0.5, 0.6) is 5.75 Å². The van der Waals surface area contributed by atoms with Gasteiger partial charge in [0, 0.05) is 6.04 Å². The number of hydrogen-bond acceptors (Lipinski definition) is 5. The van der Waals surface area contributed by atoms with Crippen molar-refractivity contribution in [1.29, 1.82) is 0 Å². The van der Waals surface area contributed by atoms with E-state index in [9.17, 15) is 24.3 Å². The van der Waals surface area contributed by atoms with Crippen LogP contribution in [0, 0.1) is 0 Å². The van der Waals surface area contributed by atoms with Gasteiger partial charge in [0.2, 0.25) is 0 Å². The molecule has 1 aromatic heterocycles. The normalized spacial score (nSPS) is 14.2. The van der Waals surface area contributed by atoms with E-state index in [1.54, 1.807) is 31.2 Å². The van der Waals surface area contributed by atoms with Crippen LogP contribution in [-0.4, -0.2) is 31.0 Å². The summed E-state index contributed by atoms with van der Waals surface area (Å²) in [6.07, 6.45) is 3.49. The highest BCUT2D eigenvalue weighted by atomic mass is 16.3. The van der Waals surface area contributed by atoms with Gasteiger partial charge in [-0.1, -0.05) is 38.3 Å². The van der Waals surface area contributed by atoms with Gasteiger partial charge in [-0.05, 0) is 43.7 Å². The summed E-state index contributed by atoms with van der Waals surface area (Å²) in [6.45, 7) is 3.55. The van der Waals surface area contributed by atoms with Crippen LogP contribution < -0.4 is 11.2 Å². The number of phenolic OH excluding ortho intramolecular Hbond substituents is 1. The molecule has 166 valence electrons. The summed E-state index contributed by atoms with van der Waals surface area (Å²) < 4.78 is 2.42. The molecule has 0 fully saturated rings. The summed E-state index contributed by atoms with van der Waals surface area (Å²) >= 11 is 0. The van der Waals surface area contributed by atoms with Crippen LogP contribution >= 0.6 is 0 Å². The molecule has 8 nitrogen and oxygen atoms in total. The number of hydrogen-bond donors (Lipinski definition) is 1. The zero-order chi connectivity index (χ0) is 23.0. The molecule has 0 saturated carbocycles. The van der Waals surface area contributed by atoms with Crippen LogP contribution in [0.1, 0.15) is 66.3 Å². The minimum Gasteiger partial charge on any atom is -0.508 e. The molecular formula is C24H25N3O5. The molecule has 1 atom stereocenters. The number of rotatable bonds is 7. The molecule has 1 aliphatic rings. The standard InChI is InChI=1S/C24H25N3O5/c1-3-4-5-8-15(2)27-23(31)19-13-16(28)11-12-20(19)25(24(27)32)14-26-21(29)17-9-6-7-10-18(17)22(26)30/h6-7,9-13,15,28H,3-5,8,14H2,1-2H3. The molecule has 2 heterocycles. The number of aromatic nitrogens is 2. The lowest BCUT2D eigenvalue weighted by molar-refractivity contribution is 0.0605. The molecule has 8 heteroatoms. The van der Waals surface area contributed by atoms with Crippen LogP contribution in [0.25, 0.3) is 10.9 Å². The highest BCUT2D eigenvalue weighted by Crippen LogP contribution is 2.24. The number of carbonyl (C=O) groups is 2. The Balaban J connectivity index is 1.84. The van der Waals surface area contributed by atoms with Crippen LogP contribution in [0.3, 0.4) is 0 Å². The number of nitrogens with zero attached hydrogens (tertiary/aromatic N) is 3. The van der Waals surface area contributed by atoms with Crippen molar-refractivity contribution in [2.24, 2.45) is 0 Å². The van der Waals surface area contributed by atoms with Gasteiger partial charge in [-0.25, -0.2) is 4.79 Å². The maximum atomic E-state index is 13.5. The second-order valence-electron chi connectivity index (χ2n) is 8.16. The van der Waals surface area contributed by atoms with E-state index in [0.29, 0.717) is 6.42 Å². The van der Waals surface area contributed by atoms with Gasteiger partial charge in [-0.2, -0.15) is 0 Å². The Morgan fingerprint density at radius 1 is 0.938 bits per heavy atom. The number of phenols is 1. The van der Waals surface area contributed by atoms with E-state index in [1.807, 2.05) is 0 Å². The van der Waals surface area contributed by atoms with Crippen molar-refractivity contribution in [3.8, 4) is 5.75 Å². The topological polar surface area (TPSA) is 102 Å². The first-order valence-corrected chi connectivity index (χ1v) is 10.8. The molecule has 1 aliphatic heterocycles. The number of aromatic hydroxyl groups is 1. The van der Waals surface area contributed by atoms with Gasteiger partial charge in [0.25, 0.3) is 17.4 Å². The molecule has 1 unspecified atom stereocenters. The second-order valence-corrected chi connectivity index (χ2v) is 8.16. The van der Waals surface area contributed by atoms with Gasteiger partial charge in [-0.3, -0.25) is 28.4 Å². The number of fused-ring (bicyclic) bond motifs is 2. The SMILES string of the molecule is CCCCCC(C)n1c(=O)c2cc(O)ccc2n(CN2C(=O)c3ccccc3C2=O)c1=O. The first-order chi connectivity index (χ1) is 15.3. The van der Waals surface area contributed by atoms with E-state index in [-0.39, 0.29) is 40.5 Å². The van der Waals surface area contributed by atoms with Crippen molar-refractivity contribution in [2.45, 2.75) is 52.2 Å². The van der Waals surface area contributed by atoms with Crippen LogP contribution in [0.4, 0.5) is 0 Å². The largest absolute Gasteiger partial charge is 0.508 e. The smallest absolute Gasteiger partial charge is 0.333 e. The Kier molecular flexibility index (Phi) is 5.69. The third-order valence-corrected chi connectivity index (χ3v) is 5.98.